The number of carbonyl (C=O) groups excluding carboxylic acids is 1. The van der Waals surface area contributed by atoms with Crippen molar-refractivity contribution in [2.45, 2.75) is 57.0 Å². The Labute approximate surface area is 136 Å². The molecule has 22 heavy (non-hydrogen) atoms. The minimum Gasteiger partial charge on any atom is -0.337 e. The van der Waals surface area contributed by atoms with E-state index >= 15 is 0 Å². The highest BCUT2D eigenvalue weighted by molar-refractivity contribution is 7.10. The molecule has 1 unspecified atom stereocenters. The van der Waals surface area contributed by atoms with Gasteiger partial charge in [0.25, 0.3) is 0 Å². The number of nitrogens with zero attached hydrogens (tertiary/aromatic N) is 2. The van der Waals surface area contributed by atoms with Crippen LogP contribution in [0.4, 0.5) is 0 Å². The number of nitrogens with one attached hydrogen (secondary N) is 1. The summed E-state index contributed by atoms with van der Waals surface area (Å²) < 4.78 is 0. The first-order chi connectivity index (χ1) is 10.6. The average Bonchev–Trinajstić information content (AvgIpc) is 3.00. The van der Waals surface area contributed by atoms with Crippen LogP contribution in [0.5, 0.6) is 0 Å². The molecule has 1 aromatic heterocycles. The monoisotopic (exact) mass is 317 g/mol. The summed E-state index contributed by atoms with van der Waals surface area (Å²) in [6.07, 6.45) is 5.84. The standard InChI is InChI=1S/C17H23N3OS/c1-13-14-6-10-22-15(14)5-9-20(13)11-16(21)19-17(12-18)7-3-2-4-8-17/h6,10,13H,2-5,7-9,11H2,1H3,(H,19,21). The lowest BCUT2D eigenvalue weighted by Crippen LogP contribution is -2.52. The first-order valence-electron chi connectivity index (χ1n) is 8.16. The van der Waals surface area contributed by atoms with Crippen molar-refractivity contribution >= 4 is 17.2 Å². The SMILES string of the molecule is CC1c2ccsc2CCN1CC(=O)NC1(C#N)CCCCC1. The van der Waals surface area contributed by atoms with E-state index in [4.69, 9.17) is 0 Å². The van der Waals surface area contributed by atoms with Gasteiger partial charge in [-0.25, -0.2) is 0 Å². The number of amides is 1. The van der Waals surface area contributed by atoms with Crippen molar-refractivity contribution < 1.29 is 4.79 Å². The predicted molar refractivity (Wildman–Crippen MR) is 87.6 cm³/mol. The lowest BCUT2D eigenvalue weighted by Gasteiger charge is -2.35. The molecule has 1 aliphatic heterocycles. The van der Waals surface area contributed by atoms with Gasteiger partial charge in [-0.3, -0.25) is 9.69 Å². The molecule has 3 rings (SSSR count). The summed E-state index contributed by atoms with van der Waals surface area (Å²) in [5.41, 5.74) is 0.735. The lowest BCUT2D eigenvalue weighted by atomic mass is 9.83. The second-order valence-corrected chi connectivity index (χ2v) is 7.50. The summed E-state index contributed by atoms with van der Waals surface area (Å²) in [7, 11) is 0. The average molecular weight is 317 g/mol. The molecule has 2 aliphatic rings. The molecule has 1 aromatic rings. The summed E-state index contributed by atoms with van der Waals surface area (Å²) in [5, 5.41) is 14.6. The van der Waals surface area contributed by atoms with Crippen LogP contribution in [0.1, 0.15) is 55.5 Å². The van der Waals surface area contributed by atoms with Crippen LogP contribution < -0.4 is 5.32 Å². The van der Waals surface area contributed by atoms with E-state index in [2.05, 4.69) is 34.7 Å². The third-order valence-corrected chi connectivity index (χ3v) is 6.05. The molecule has 0 radical (unpaired) electrons. The number of hydrogen-bond donors (Lipinski definition) is 1. The number of hydrogen-bond acceptors (Lipinski definition) is 4. The van der Waals surface area contributed by atoms with Gasteiger partial charge in [0.15, 0.2) is 0 Å². The molecule has 1 atom stereocenters. The van der Waals surface area contributed by atoms with E-state index in [1.165, 1.54) is 16.9 Å². The molecule has 1 saturated carbocycles. The predicted octanol–water partition coefficient (Wildman–Crippen LogP) is 3.01. The van der Waals surface area contributed by atoms with Crippen molar-refractivity contribution in [1.82, 2.24) is 10.2 Å². The maximum atomic E-state index is 12.4. The maximum Gasteiger partial charge on any atom is 0.235 e. The summed E-state index contributed by atoms with van der Waals surface area (Å²) >= 11 is 1.81. The highest BCUT2D eigenvalue weighted by atomic mass is 32.1. The summed E-state index contributed by atoms with van der Waals surface area (Å²) in [5.74, 6) is -0.00557. The first-order valence-corrected chi connectivity index (χ1v) is 9.04. The minimum absolute atomic E-state index is 0.00557. The van der Waals surface area contributed by atoms with Gasteiger partial charge in [-0.1, -0.05) is 19.3 Å². The quantitative estimate of drug-likeness (QED) is 0.932. The Hall–Kier alpha value is -1.38. The van der Waals surface area contributed by atoms with Crippen LogP contribution in [0.3, 0.4) is 0 Å². The van der Waals surface area contributed by atoms with Gasteiger partial charge in [0, 0.05) is 17.5 Å². The van der Waals surface area contributed by atoms with Crippen LogP contribution in [-0.4, -0.2) is 29.4 Å². The topological polar surface area (TPSA) is 56.1 Å². The number of carbonyl (C=O) groups is 1. The third kappa shape index (κ3) is 3.04. The first kappa shape index (κ1) is 15.5. The van der Waals surface area contributed by atoms with Crippen molar-refractivity contribution in [2.75, 3.05) is 13.1 Å². The Morgan fingerprint density at radius 3 is 3.00 bits per heavy atom. The maximum absolute atomic E-state index is 12.4. The largest absolute Gasteiger partial charge is 0.337 e. The van der Waals surface area contributed by atoms with Crippen molar-refractivity contribution in [3.05, 3.63) is 21.9 Å². The van der Waals surface area contributed by atoms with Gasteiger partial charge in [-0.2, -0.15) is 5.26 Å². The van der Waals surface area contributed by atoms with Crippen LogP contribution in [0.15, 0.2) is 11.4 Å². The van der Waals surface area contributed by atoms with Gasteiger partial charge in [0.2, 0.25) is 5.91 Å². The molecule has 2 heterocycles. The van der Waals surface area contributed by atoms with Gasteiger partial charge in [0.05, 0.1) is 12.6 Å². The second-order valence-electron chi connectivity index (χ2n) is 6.50. The van der Waals surface area contributed by atoms with Crippen LogP contribution in [0, 0.1) is 11.3 Å². The van der Waals surface area contributed by atoms with E-state index in [9.17, 15) is 10.1 Å². The lowest BCUT2D eigenvalue weighted by molar-refractivity contribution is -0.124. The van der Waals surface area contributed by atoms with Gasteiger partial charge < -0.3 is 5.32 Å². The molecule has 4 nitrogen and oxygen atoms in total. The zero-order valence-electron chi connectivity index (χ0n) is 13.1. The molecule has 1 fully saturated rings. The Balaban J connectivity index is 1.62. The number of nitriles is 1. The number of thiophene rings is 1. The fraction of sp³-hybridized carbons (Fsp3) is 0.647. The van der Waals surface area contributed by atoms with E-state index in [-0.39, 0.29) is 11.9 Å². The Morgan fingerprint density at radius 2 is 2.27 bits per heavy atom. The van der Waals surface area contributed by atoms with Crippen LogP contribution >= 0.6 is 11.3 Å². The van der Waals surface area contributed by atoms with E-state index in [1.54, 1.807) is 0 Å². The van der Waals surface area contributed by atoms with Crippen molar-refractivity contribution in [3.8, 4) is 6.07 Å². The molecule has 0 saturated heterocycles. The molecule has 0 bridgehead atoms. The highest BCUT2D eigenvalue weighted by Crippen LogP contribution is 2.33. The van der Waals surface area contributed by atoms with Crippen molar-refractivity contribution in [2.24, 2.45) is 0 Å². The molecule has 1 aliphatic carbocycles. The van der Waals surface area contributed by atoms with E-state index in [1.807, 2.05) is 11.3 Å². The van der Waals surface area contributed by atoms with Gasteiger partial charge in [0.1, 0.15) is 5.54 Å². The fourth-order valence-electron chi connectivity index (χ4n) is 3.69. The molecular weight excluding hydrogens is 294 g/mol. The summed E-state index contributed by atoms with van der Waals surface area (Å²) in [6, 6.07) is 4.82. The summed E-state index contributed by atoms with van der Waals surface area (Å²) in [4.78, 5) is 16.1. The van der Waals surface area contributed by atoms with E-state index in [0.29, 0.717) is 6.54 Å². The highest BCUT2D eigenvalue weighted by Gasteiger charge is 2.34. The Morgan fingerprint density at radius 1 is 1.50 bits per heavy atom. The Bertz CT molecular complexity index is 583. The summed E-state index contributed by atoms with van der Waals surface area (Å²) in [6.45, 7) is 3.47. The zero-order chi connectivity index (χ0) is 15.6. The smallest absolute Gasteiger partial charge is 0.235 e. The normalized spacial score (nSPS) is 24.3. The third-order valence-electron chi connectivity index (χ3n) is 5.05. The van der Waals surface area contributed by atoms with Crippen molar-refractivity contribution in [3.63, 3.8) is 0 Å². The van der Waals surface area contributed by atoms with Crippen LogP contribution in [0.2, 0.25) is 0 Å². The fourth-order valence-corrected chi connectivity index (χ4v) is 4.65. The second kappa shape index (κ2) is 6.39. The number of rotatable bonds is 3. The van der Waals surface area contributed by atoms with Gasteiger partial charge >= 0.3 is 0 Å². The van der Waals surface area contributed by atoms with E-state index in [0.717, 1.165) is 38.6 Å². The minimum atomic E-state index is -0.623. The number of fused-ring (bicyclic) bond motifs is 1. The molecule has 118 valence electrons. The zero-order valence-corrected chi connectivity index (χ0v) is 13.9. The van der Waals surface area contributed by atoms with Crippen LogP contribution in [-0.2, 0) is 11.2 Å². The van der Waals surface area contributed by atoms with Crippen molar-refractivity contribution in [1.29, 1.82) is 5.26 Å². The van der Waals surface area contributed by atoms with Gasteiger partial charge in [-0.15, -0.1) is 11.3 Å². The molecule has 5 heteroatoms. The van der Waals surface area contributed by atoms with Gasteiger partial charge in [-0.05, 0) is 43.2 Å². The molecular formula is C17H23N3OS. The Kier molecular flexibility index (Phi) is 4.51. The molecule has 0 spiro atoms. The van der Waals surface area contributed by atoms with Crippen LogP contribution in [0.25, 0.3) is 0 Å². The molecule has 1 N–H and O–H groups in total. The molecule has 0 aromatic carbocycles. The van der Waals surface area contributed by atoms with E-state index < -0.39 is 5.54 Å². The molecule has 1 amide bonds.